The second kappa shape index (κ2) is 7.16. The Balaban J connectivity index is 1.95. The normalized spacial score (nSPS) is 11.3. The molecule has 0 aliphatic carbocycles. The van der Waals surface area contributed by atoms with E-state index in [4.69, 9.17) is 5.73 Å². The monoisotopic (exact) mass is 340 g/mol. The van der Waals surface area contributed by atoms with Crippen molar-refractivity contribution in [3.63, 3.8) is 0 Å². The quantitative estimate of drug-likeness (QED) is 0.842. The van der Waals surface area contributed by atoms with Gasteiger partial charge in [-0.25, -0.2) is 0 Å². The summed E-state index contributed by atoms with van der Waals surface area (Å²) in [4.78, 5) is 22.6. The molecule has 0 radical (unpaired) electrons. The highest BCUT2D eigenvalue weighted by atomic mass is 19.4. The number of nitrogens with zero attached hydrogens (tertiary/aromatic N) is 2. The van der Waals surface area contributed by atoms with Crippen molar-refractivity contribution < 1.29 is 22.8 Å². The van der Waals surface area contributed by atoms with Gasteiger partial charge in [0, 0.05) is 25.2 Å². The number of nitrogens with two attached hydrogens (primary N) is 1. The zero-order valence-electron chi connectivity index (χ0n) is 12.5. The van der Waals surface area contributed by atoms with Crippen LogP contribution in [0.3, 0.4) is 0 Å². The Morgan fingerprint density at radius 3 is 2.67 bits per heavy atom. The van der Waals surface area contributed by atoms with E-state index < -0.39 is 23.6 Å². The van der Waals surface area contributed by atoms with Crippen molar-refractivity contribution in [3.05, 3.63) is 47.7 Å². The first kappa shape index (κ1) is 17.5. The molecule has 128 valence electrons. The summed E-state index contributed by atoms with van der Waals surface area (Å²) in [7, 11) is 0. The number of hydrogen-bond acceptors (Lipinski definition) is 3. The lowest BCUT2D eigenvalue weighted by Gasteiger charge is -2.08. The number of amides is 2. The minimum absolute atomic E-state index is 0.110. The van der Waals surface area contributed by atoms with Crippen molar-refractivity contribution in [2.45, 2.75) is 25.6 Å². The highest BCUT2D eigenvalue weighted by molar-refractivity contribution is 5.91. The minimum Gasteiger partial charge on any atom is -0.370 e. The molecule has 3 N–H and O–H groups in total. The van der Waals surface area contributed by atoms with Gasteiger partial charge < -0.3 is 11.1 Å². The Kier molecular flexibility index (Phi) is 5.22. The van der Waals surface area contributed by atoms with Crippen LogP contribution in [0.15, 0.2) is 36.5 Å². The molecule has 0 aliphatic rings. The number of benzene rings is 1. The molecule has 9 heteroatoms. The number of primary amides is 1. The molecule has 0 saturated carbocycles. The summed E-state index contributed by atoms with van der Waals surface area (Å²) >= 11 is 0. The minimum atomic E-state index is -4.45. The summed E-state index contributed by atoms with van der Waals surface area (Å²) in [6.45, 7) is 0.277. The maximum absolute atomic E-state index is 12.6. The van der Waals surface area contributed by atoms with Crippen LogP contribution in [0.25, 0.3) is 0 Å². The number of alkyl halides is 3. The summed E-state index contributed by atoms with van der Waals surface area (Å²) in [6.07, 6.45) is -2.99. The molecule has 2 amide bonds. The second-order valence-electron chi connectivity index (χ2n) is 5.10. The van der Waals surface area contributed by atoms with E-state index in [9.17, 15) is 22.8 Å². The van der Waals surface area contributed by atoms with E-state index in [2.05, 4.69) is 10.4 Å². The number of hydrogen-bond donors (Lipinski definition) is 2. The fraction of sp³-hybridized carbons (Fsp3) is 0.267. The van der Waals surface area contributed by atoms with Crippen molar-refractivity contribution in [3.8, 4) is 0 Å². The van der Waals surface area contributed by atoms with Gasteiger partial charge in [0.25, 0.3) is 0 Å². The van der Waals surface area contributed by atoms with Crippen LogP contribution >= 0.6 is 0 Å². The van der Waals surface area contributed by atoms with E-state index >= 15 is 0 Å². The molecule has 2 aromatic rings. The third kappa shape index (κ3) is 5.11. The summed E-state index contributed by atoms with van der Waals surface area (Å²) in [6, 6.07) is 6.10. The van der Waals surface area contributed by atoms with Gasteiger partial charge in [-0.3, -0.25) is 14.3 Å². The van der Waals surface area contributed by atoms with Crippen LogP contribution < -0.4 is 11.1 Å². The lowest BCUT2D eigenvalue weighted by molar-refractivity contribution is -0.137. The third-order valence-corrected chi connectivity index (χ3v) is 3.11. The van der Waals surface area contributed by atoms with Crippen LogP contribution in [-0.4, -0.2) is 21.6 Å². The predicted molar refractivity (Wildman–Crippen MR) is 79.8 cm³/mol. The van der Waals surface area contributed by atoms with E-state index in [1.54, 1.807) is 6.20 Å². The maximum atomic E-state index is 12.6. The maximum Gasteiger partial charge on any atom is 0.416 e. The lowest BCUT2D eigenvalue weighted by atomic mass is 10.1. The van der Waals surface area contributed by atoms with Gasteiger partial charge in [0.05, 0.1) is 12.0 Å². The Bertz CT molecular complexity index is 740. The van der Waals surface area contributed by atoms with E-state index in [-0.39, 0.29) is 30.8 Å². The standard InChI is InChI=1S/C15H15F3N4O2/c16-15(17,18)11-3-1-2-10(8-11)9-14(24)20-13-5-7-22(21-13)6-4-12(19)23/h1-3,5,7-8H,4,6,9H2,(H2,19,23)(H,20,21,24). The number of carbonyl (C=O) groups excluding carboxylic acids is 2. The molecule has 0 atom stereocenters. The molecule has 24 heavy (non-hydrogen) atoms. The average Bonchev–Trinajstić information content (AvgIpc) is 2.92. The van der Waals surface area contributed by atoms with E-state index in [1.807, 2.05) is 0 Å². The second-order valence-corrected chi connectivity index (χ2v) is 5.10. The van der Waals surface area contributed by atoms with Gasteiger partial charge in [0.2, 0.25) is 11.8 Å². The van der Waals surface area contributed by atoms with Crippen LogP contribution in [0, 0.1) is 0 Å². The first-order valence-electron chi connectivity index (χ1n) is 7.02. The Morgan fingerprint density at radius 2 is 2.00 bits per heavy atom. The van der Waals surface area contributed by atoms with Crippen molar-refractivity contribution >= 4 is 17.6 Å². The average molecular weight is 340 g/mol. The molecule has 1 aromatic carbocycles. The van der Waals surface area contributed by atoms with Gasteiger partial charge >= 0.3 is 6.18 Å². The smallest absolute Gasteiger partial charge is 0.370 e. The third-order valence-electron chi connectivity index (χ3n) is 3.11. The number of aryl methyl sites for hydroxylation is 1. The molecular formula is C15H15F3N4O2. The molecule has 0 unspecified atom stereocenters. The Morgan fingerprint density at radius 1 is 1.25 bits per heavy atom. The van der Waals surface area contributed by atoms with Crippen LogP contribution in [0.1, 0.15) is 17.5 Å². The summed E-state index contributed by atoms with van der Waals surface area (Å²) in [5, 5.41) is 6.51. The SMILES string of the molecule is NC(=O)CCn1ccc(NC(=O)Cc2cccc(C(F)(F)F)c2)n1. The molecule has 0 saturated heterocycles. The highest BCUT2D eigenvalue weighted by Crippen LogP contribution is 2.29. The largest absolute Gasteiger partial charge is 0.416 e. The van der Waals surface area contributed by atoms with Gasteiger partial charge in [-0.1, -0.05) is 18.2 Å². The van der Waals surface area contributed by atoms with Crippen molar-refractivity contribution in [1.29, 1.82) is 0 Å². The number of aromatic nitrogens is 2. The lowest BCUT2D eigenvalue weighted by Crippen LogP contribution is -2.16. The first-order chi connectivity index (χ1) is 11.2. The molecule has 0 spiro atoms. The fourth-order valence-electron chi connectivity index (χ4n) is 2.01. The van der Waals surface area contributed by atoms with Crippen LogP contribution in [-0.2, 0) is 28.7 Å². The van der Waals surface area contributed by atoms with Crippen molar-refractivity contribution in [2.75, 3.05) is 5.32 Å². The zero-order chi connectivity index (χ0) is 17.7. The van der Waals surface area contributed by atoms with Crippen LogP contribution in [0.4, 0.5) is 19.0 Å². The van der Waals surface area contributed by atoms with Gasteiger partial charge in [-0.05, 0) is 11.6 Å². The van der Waals surface area contributed by atoms with E-state index in [1.165, 1.54) is 22.9 Å². The molecule has 0 fully saturated rings. The molecule has 0 bridgehead atoms. The summed E-state index contributed by atoms with van der Waals surface area (Å²) in [5.74, 6) is -0.716. The van der Waals surface area contributed by atoms with E-state index in [0.717, 1.165) is 12.1 Å². The van der Waals surface area contributed by atoms with Crippen LogP contribution in [0.2, 0.25) is 0 Å². The zero-order valence-corrected chi connectivity index (χ0v) is 12.5. The fourth-order valence-corrected chi connectivity index (χ4v) is 2.01. The topological polar surface area (TPSA) is 90.0 Å². The number of carbonyl (C=O) groups is 2. The predicted octanol–water partition coefficient (Wildman–Crippen LogP) is 1.96. The van der Waals surface area contributed by atoms with Gasteiger partial charge in [0.15, 0.2) is 5.82 Å². The Hall–Kier alpha value is -2.84. The number of anilines is 1. The molecule has 2 rings (SSSR count). The number of nitrogens with one attached hydrogen (secondary N) is 1. The van der Waals surface area contributed by atoms with Gasteiger partial charge in [-0.15, -0.1) is 0 Å². The number of halogens is 3. The van der Waals surface area contributed by atoms with Gasteiger partial charge in [-0.2, -0.15) is 18.3 Å². The Labute approximate surface area is 135 Å². The van der Waals surface area contributed by atoms with Crippen molar-refractivity contribution in [1.82, 2.24) is 9.78 Å². The van der Waals surface area contributed by atoms with Crippen LogP contribution in [0.5, 0.6) is 0 Å². The molecule has 1 heterocycles. The summed E-state index contributed by atoms with van der Waals surface area (Å²) in [5.41, 5.74) is 4.47. The molecule has 6 nitrogen and oxygen atoms in total. The van der Waals surface area contributed by atoms with Crippen molar-refractivity contribution in [2.24, 2.45) is 5.73 Å². The summed E-state index contributed by atoms with van der Waals surface area (Å²) < 4.78 is 39.3. The highest BCUT2D eigenvalue weighted by Gasteiger charge is 2.30. The first-order valence-corrected chi connectivity index (χ1v) is 7.02. The van der Waals surface area contributed by atoms with E-state index in [0.29, 0.717) is 0 Å². The molecule has 1 aromatic heterocycles. The molecular weight excluding hydrogens is 325 g/mol. The number of rotatable bonds is 6. The van der Waals surface area contributed by atoms with Gasteiger partial charge in [0.1, 0.15) is 0 Å². The molecule has 0 aliphatic heterocycles.